The molecule has 0 saturated heterocycles. The van der Waals surface area contributed by atoms with Crippen LogP contribution in [0.4, 0.5) is 5.69 Å². The van der Waals surface area contributed by atoms with Crippen molar-refractivity contribution in [3.8, 4) is 0 Å². The number of amidine groups is 2. The van der Waals surface area contributed by atoms with E-state index in [0.29, 0.717) is 17.9 Å². The van der Waals surface area contributed by atoms with Crippen LogP contribution in [-0.4, -0.2) is 31.8 Å². The van der Waals surface area contributed by atoms with Gasteiger partial charge in [0.15, 0.2) is 11.7 Å². The van der Waals surface area contributed by atoms with Crippen molar-refractivity contribution < 1.29 is 0 Å². The average Bonchev–Trinajstić information content (AvgIpc) is 2.49. The number of nitrogens with one attached hydrogen (secondary N) is 2. The molecule has 1 aromatic rings. The Bertz CT molecular complexity index is 530. The Labute approximate surface area is 135 Å². The zero-order chi connectivity index (χ0) is 16.7. The molecule has 0 aliphatic heterocycles. The highest BCUT2D eigenvalue weighted by molar-refractivity contribution is 6.44. The van der Waals surface area contributed by atoms with E-state index >= 15 is 0 Å². The topological polar surface area (TPSA) is 48.8 Å². The molecule has 0 bridgehead atoms. The van der Waals surface area contributed by atoms with Crippen molar-refractivity contribution >= 4 is 17.4 Å². The number of benzene rings is 1. The molecule has 0 aromatic heterocycles. The van der Waals surface area contributed by atoms with Crippen LogP contribution in [0.15, 0.2) is 34.3 Å². The molecule has 1 atom stereocenters. The number of nitrogens with zero attached hydrogens (tertiary/aromatic N) is 2. The van der Waals surface area contributed by atoms with E-state index < -0.39 is 0 Å². The van der Waals surface area contributed by atoms with Gasteiger partial charge in [-0.15, -0.1) is 0 Å². The summed E-state index contributed by atoms with van der Waals surface area (Å²) in [5.41, 5.74) is 2.40. The Morgan fingerprint density at radius 1 is 0.909 bits per heavy atom. The molecule has 4 nitrogen and oxygen atoms in total. The minimum atomic E-state index is 0.307. The van der Waals surface area contributed by atoms with Crippen LogP contribution in [0.2, 0.25) is 0 Å². The van der Waals surface area contributed by atoms with E-state index in [0.717, 1.165) is 17.4 Å². The van der Waals surface area contributed by atoms with Crippen molar-refractivity contribution in [2.24, 2.45) is 15.9 Å². The second-order valence-electron chi connectivity index (χ2n) is 6.19. The standard InChI is InChI=1S/C18H30N4/c1-12(2)14(5)15-10-8-9-11-16(15)22-18(20-7)17(19-6)21-13(3)4/h8-14H,1-7H3,(H,19,21)(H,20,22)/t14-/m1/s1. The zero-order valence-electron chi connectivity index (χ0n) is 14.9. The first-order valence-corrected chi connectivity index (χ1v) is 7.97. The Morgan fingerprint density at radius 2 is 1.50 bits per heavy atom. The fourth-order valence-corrected chi connectivity index (χ4v) is 2.23. The van der Waals surface area contributed by atoms with Gasteiger partial charge in [-0.25, -0.2) is 0 Å². The highest BCUT2D eigenvalue weighted by Gasteiger charge is 2.16. The second kappa shape index (κ2) is 8.57. The van der Waals surface area contributed by atoms with Crippen LogP contribution in [-0.2, 0) is 0 Å². The first-order valence-electron chi connectivity index (χ1n) is 7.97. The first kappa shape index (κ1) is 18.2. The molecular formula is C18H30N4. The lowest BCUT2D eigenvalue weighted by atomic mass is 9.89. The summed E-state index contributed by atoms with van der Waals surface area (Å²) in [5, 5.41) is 6.78. The summed E-state index contributed by atoms with van der Waals surface area (Å²) < 4.78 is 0. The third-order valence-electron chi connectivity index (χ3n) is 3.80. The maximum absolute atomic E-state index is 4.37. The molecule has 0 amide bonds. The minimum Gasteiger partial charge on any atom is -0.365 e. The third-order valence-corrected chi connectivity index (χ3v) is 3.80. The predicted octanol–water partition coefficient (Wildman–Crippen LogP) is 3.91. The smallest absolute Gasteiger partial charge is 0.168 e. The zero-order valence-corrected chi connectivity index (χ0v) is 14.9. The molecule has 4 heteroatoms. The summed E-state index contributed by atoms with van der Waals surface area (Å²) >= 11 is 0. The highest BCUT2D eigenvalue weighted by atomic mass is 15.1. The third kappa shape index (κ3) is 4.86. The number of hydrogen-bond donors (Lipinski definition) is 2. The van der Waals surface area contributed by atoms with E-state index in [9.17, 15) is 0 Å². The first-order chi connectivity index (χ1) is 10.4. The van der Waals surface area contributed by atoms with E-state index in [1.807, 2.05) is 6.07 Å². The van der Waals surface area contributed by atoms with Gasteiger partial charge in [-0.05, 0) is 37.3 Å². The van der Waals surface area contributed by atoms with Crippen molar-refractivity contribution in [3.05, 3.63) is 29.8 Å². The van der Waals surface area contributed by atoms with Crippen molar-refractivity contribution in [1.29, 1.82) is 0 Å². The van der Waals surface area contributed by atoms with E-state index in [4.69, 9.17) is 0 Å². The summed E-state index contributed by atoms with van der Waals surface area (Å²) in [7, 11) is 3.56. The number of rotatable bonds is 4. The fraction of sp³-hybridized carbons (Fsp3) is 0.556. The molecule has 1 rings (SSSR count). The summed E-state index contributed by atoms with van der Waals surface area (Å²) in [6.07, 6.45) is 0. The molecule has 0 fully saturated rings. The highest BCUT2D eigenvalue weighted by Crippen LogP contribution is 2.29. The van der Waals surface area contributed by atoms with E-state index in [2.05, 4.69) is 73.4 Å². The minimum absolute atomic E-state index is 0.307. The second-order valence-corrected chi connectivity index (χ2v) is 6.19. The Morgan fingerprint density at radius 3 is 2.00 bits per heavy atom. The van der Waals surface area contributed by atoms with Crippen molar-refractivity contribution in [2.75, 3.05) is 19.4 Å². The van der Waals surface area contributed by atoms with Gasteiger partial charge in [0, 0.05) is 25.8 Å². The molecule has 0 spiro atoms. The molecule has 0 aliphatic carbocycles. The Kier molecular flexibility index (Phi) is 7.09. The lowest BCUT2D eigenvalue weighted by Gasteiger charge is -2.22. The molecule has 22 heavy (non-hydrogen) atoms. The molecule has 0 radical (unpaired) electrons. The lowest BCUT2D eigenvalue weighted by molar-refractivity contribution is 0.536. The van der Waals surface area contributed by atoms with Gasteiger partial charge in [0.05, 0.1) is 0 Å². The number of anilines is 1. The van der Waals surface area contributed by atoms with Crippen LogP contribution in [0.25, 0.3) is 0 Å². The average molecular weight is 302 g/mol. The van der Waals surface area contributed by atoms with Crippen LogP contribution in [0.5, 0.6) is 0 Å². The molecule has 0 unspecified atom stereocenters. The number of para-hydroxylation sites is 1. The summed E-state index contributed by atoms with van der Waals surface area (Å²) in [4.78, 5) is 8.68. The molecule has 0 saturated carbocycles. The van der Waals surface area contributed by atoms with Crippen molar-refractivity contribution in [3.63, 3.8) is 0 Å². The molecule has 2 N–H and O–H groups in total. The quantitative estimate of drug-likeness (QED) is 0.654. The van der Waals surface area contributed by atoms with Crippen LogP contribution in [0.3, 0.4) is 0 Å². The Balaban J connectivity index is 3.07. The van der Waals surface area contributed by atoms with E-state index in [1.54, 1.807) is 14.1 Å². The SMILES string of the molecule is CN=C(Nc1ccccc1[C@H](C)C(C)C)C(=NC)NC(C)C. The van der Waals surface area contributed by atoms with Gasteiger partial charge in [-0.1, -0.05) is 39.0 Å². The molecular weight excluding hydrogens is 272 g/mol. The van der Waals surface area contributed by atoms with Gasteiger partial charge in [0.25, 0.3) is 0 Å². The maximum Gasteiger partial charge on any atom is 0.168 e. The largest absolute Gasteiger partial charge is 0.365 e. The van der Waals surface area contributed by atoms with Crippen LogP contribution < -0.4 is 10.6 Å². The fourth-order valence-electron chi connectivity index (χ4n) is 2.23. The van der Waals surface area contributed by atoms with Gasteiger partial charge in [-0.3, -0.25) is 9.98 Å². The van der Waals surface area contributed by atoms with Crippen molar-refractivity contribution in [2.45, 2.75) is 46.6 Å². The summed E-state index contributed by atoms with van der Waals surface area (Å²) in [6, 6.07) is 8.72. The van der Waals surface area contributed by atoms with Gasteiger partial charge in [0.1, 0.15) is 0 Å². The number of hydrogen-bond acceptors (Lipinski definition) is 2. The normalized spacial score (nSPS) is 14.4. The van der Waals surface area contributed by atoms with E-state index in [1.165, 1.54) is 5.56 Å². The van der Waals surface area contributed by atoms with Gasteiger partial charge >= 0.3 is 0 Å². The van der Waals surface area contributed by atoms with Crippen molar-refractivity contribution in [1.82, 2.24) is 5.32 Å². The van der Waals surface area contributed by atoms with Crippen LogP contribution in [0.1, 0.15) is 46.1 Å². The lowest BCUT2D eigenvalue weighted by Crippen LogP contribution is -2.39. The van der Waals surface area contributed by atoms with Gasteiger partial charge in [-0.2, -0.15) is 0 Å². The van der Waals surface area contributed by atoms with Gasteiger partial charge in [0.2, 0.25) is 0 Å². The number of aliphatic imine (C=N–C) groups is 2. The van der Waals surface area contributed by atoms with Crippen LogP contribution >= 0.6 is 0 Å². The summed E-state index contributed by atoms with van der Waals surface area (Å²) in [6.45, 7) is 10.9. The molecule has 0 aliphatic rings. The van der Waals surface area contributed by atoms with Crippen LogP contribution in [0, 0.1) is 5.92 Å². The molecule has 122 valence electrons. The monoisotopic (exact) mass is 302 g/mol. The van der Waals surface area contributed by atoms with E-state index in [-0.39, 0.29) is 0 Å². The Hall–Kier alpha value is -1.84. The summed E-state index contributed by atoms with van der Waals surface area (Å²) in [5.74, 6) is 2.60. The predicted molar refractivity (Wildman–Crippen MR) is 98.3 cm³/mol. The maximum atomic E-state index is 4.37. The molecule has 1 aromatic carbocycles. The van der Waals surface area contributed by atoms with Gasteiger partial charge < -0.3 is 10.6 Å². The molecule has 0 heterocycles.